The summed E-state index contributed by atoms with van der Waals surface area (Å²) in [5, 5.41) is 5.60. The normalized spacial score (nSPS) is 10.7. The number of nitrogens with zero attached hydrogens (tertiary/aromatic N) is 1. The van der Waals surface area contributed by atoms with E-state index >= 15 is 0 Å². The Labute approximate surface area is 124 Å². The summed E-state index contributed by atoms with van der Waals surface area (Å²) < 4.78 is 6.14. The summed E-state index contributed by atoms with van der Waals surface area (Å²) in [6, 6.07) is 16.3. The van der Waals surface area contributed by atoms with Crippen LogP contribution in [0.25, 0.3) is 10.8 Å². The molecule has 2 aromatic carbocycles. The average Bonchev–Trinajstić information content (AvgIpc) is 2.54. The Morgan fingerprint density at radius 1 is 1.00 bits per heavy atom. The molecule has 0 aliphatic heterocycles. The largest absolute Gasteiger partial charge is 0.456 e. The second kappa shape index (κ2) is 6.37. The van der Waals surface area contributed by atoms with E-state index in [2.05, 4.69) is 35.4 Å². The molecule has 0 amide bonds. The number of aromatic nitrogens is 1. The van der Waals surface area contributed by atoms with E-state index in [9.17, 15) is 0 Å². The van der Waals surface area contributed by atoms with Crippen molar-refractivity contribution in [3.8, 4) is 11.5 Å². The van der Waals surface area contributed by atoms with Crippen LogP contribution in [-0.4, -0.2) is 11.5 Å². The van der Waals surface area contributed by atoms with E-state index in [0.717, 1.165) is 35.5 Å². The van der Waals surface area contributed by atoms with E-state index in [1.165, 1.54) is 5.39 Å². The van der Waals surface area contributed by atoms with Gasteiger partial charge in [-0.3, -0.25) is 4.98 Å². The van der Waals surface area contributed by atoms with Crippen molar-refractivity contribution >= 4 is 10.8 Å². The van der Waals surface area contributed by atoms with Gasteiger partial charge in [-0.2, -0.15) is 0 Å². The molecule has 1 aromatic heterocycles. The smallest absolute Gasteiger partial charge is 0.135 e. The zero-order chi connectivity index (χ0) is 14.5. The SMILES string of the molecule is CCNCc1cnccc1Oc1cccc2ccccc12. The van der Waals surface area contributed by atoms with Crippen molar-refractivity contribution in [2.75, 3.05) is 6.54 Å². The van der Waals surface area contributed by atoms with Crippen molar-refractivity contribution < 1.29 is 4.74 Å². The van der Waals surface area contributed by atoms with E-state index in [1.807, 2.05) is 36.5 Å². The highest BCUT2D eigenvalue weighted by Gasteiger charge is 2.07. The predicted octanol–water partition coefficient (Wildman–Crippen LogP) is 4.14. The van der Waals surface area contributed by atoms with Gasteiger partial charge in [-0.05, 0) is 24.1 Å². The maximum absolute atomic E-state index is 6.14. The van der Waals surface area contributed by atoms with E-state index in [0.29, 0.717) is 0 Å². The van der Waals surface area contributed by atoms with Crippen LogP contribution in [0.1, 0.15) is 12.5 Å². The number of hydrogen-bond acceptors (Lipinski definition) is 3. The molecule has 0 radical (unpaired) electrons. The lowest BCUT2D eigenvalue weighted by Crippen LogP contribution is -2.12. The fourth-order valence-corrected chi connectivity index (χ4v) is 2.31. The fourth-order valence-electron chi connectivity index (χ4n) is 2.31. The quantitative estimate of drug-likeness (QED) is 0.761. The molecule has 21 heavy (non-hydrogen) atoms. The van der Waals surface area contributed by atoms with Gasteiger partial charge in [-0.25, -0.2) is 0 Å². The maximum atomic E-state index is 6.14. The minimum atomic E-state index is 0.754. The summed E-state index contributed by atoms with van der Waals surface area (Å²) in [7, 11) is 0. The van der Waals surface area contributed by atoms with Crippen LogP contribution in [0.2, 0.25) is 0 Å². The van der Waals surface area contributed by atoms with Gasteiger partial charge in [0, 0.05) is 29.9 Å². The van der Waals surface area contributed by atoms with Gasteiger partial charge in [-0.15, -0.1) is 0 Å². The molecule has 0 aliphatic carbocycles. The molecule has 3 aromatic rings. The van der Waals surface area contributed by atoms with Gasteiger partial charge in [0.1, 0.15) is 11.5 Å². The molecule has 1 heterocycles. The van der Waals surface area contributed by atoms with Gasteiger partial charge in [0.2, 0.25) is 0 Å². The number of pyridine rings is 1. The Morgan fingerprint density at radius 3 is 2.76 bits per heavy atom. The Bertz CT molecular complexity index is 735. The lowest BCUT2D eigenvalue weighted by molar-refractivity contribution is 0.477. The van der Waals surface area contributed by atoms with E-state index in [-0.39, 0.29) is 0 Å². The molecule has 0 spiro atoms. The van der Waals surface area contributed by atoms with E-state index in [1.54, 1.807) is 6.20 Å². The molecule has 0 fully saturated rings. The van der Waals surface area contributed by atoms with Gasteiger partial charge in [0.05, 0.1) is 0 Å². The van der Waals surface area contributed by atoms with Crippen molar-refractivity contribution in [2.45, 2.75) is 13.5 Å². The summed E-state index contributed by atoms with van der Waals surface area (Å²) in [6.45, 7) is 3.76. The molecule has 0 bridgehead atoms. The van der Waals surface area contributed by atoms with Crippen LogP contribution >= 0.6 is 0 Å². The lowest BCUT2D eigenvalue weighted by atomic mass is 10.1. The van der Waals surface area contributed by atoms with Crippen LogP contribution in [0.5, 0.6) is 11.5 Å². The average molecular weight is 278 g/mol. The minimum absolute atomic E-state index is 0.754. The van der Waals surface area contributed by atoms with E-state index in [4.69, 9.17) is 4.74 Å². The third-order valence-corrected chi connectivity index (χ3v) is 3.39. The van der Waals surface area contributed by atoms with Crippen molar-refractivity contribution in [3.05, 3.63) is 66.5 Å². The van der Waals surface area contributed by atoms with Crippen molar-refractivity contribution in [2.24, 2.45) is 0 Å². The Kier molecular flexibility index (Phi) is 4.12. The molecule has 106 valence electrons. The third-order valence-electron chi connectivity index (χ3n) is 3.39. The summed E-state index contributed by atoms with van der Waals surface area (Å²) >= 11 is 0. The van der Waals surface area contributed by atoms with Gasteiger partial charge >= 0.3 is 0 Å². The summed E-state index contributed by atoms with van der Waals surface area (Å²) in [4.78, 5) is 4.18. The van der Waals surface area contributed by atoms with Gasteiger partial charge in [0.15, 0.2) is 0 Å². The number of fused-ring (bicyclic) bond motifs is 1. The first kappa shape index (κ1) is 13.6. The first-order valence-corrected chi connectivity index (χ1v) is 7.17. The third kappa shape index (κ3) is 3.03. The van der Waals surface area contributed by atoms with Crippen LogP contribution in [0.3, 0.4) is 0 Å². The van der Waals surface area contributed by atoms with Gasteiger partial charge in [0.25, 0.3) is 0 Å². The van der Waals surface area contributed by atoms with Crippen molar-refractivity contribution in [1.82, 2.24) is 10.3 Å². The second-order valence-corrected chi connectivity index (χ2v) is 4.84. The molecular formula is C18H18N2O. The Hall–Kier alpha value is -2.39. The molecule has 3 nitrogen and oxygen atoms in total. The highest BCUT2D eigenvalue weighted by molar-refractivity contribution is 5.88. The first-order chi connectivity index (χ1) is 10.4. The number of nitrogens with one attached hydrogen (secondary N) is 1. The van der Waals surface area contributed by atoms with Crippen molar-refractivity contribution in [3.63, 3.8) is 0 Å². The predicted molar refractivity (Wildman–Crippen MR) is 85.6 cm³/mol. The molecule has 0 atom stereocenters. The molecular weight excluding hydrogens is 260 g/mol. The van der Waals surface area contributed by atoms with Crippen LogP contribution in [0.15, 0.2) is 60.9 Å². The van der Waals surface area contributed by atoms with Crippen molar-refractivity contribution in [1.29, 1.82) is 0 Å². The number of hydrogen-bond donors (Lipinski definition) is 1. The maximum Gasteiger partial charge on any atom is 0.135 e. The highest BCUT2D eigenvalue weighted by atomic mass is 16.5. The molecule has 0 unspecified atom stereocenters. The monoisotopic (exact) mass is 278 g/mol. The molecule has 3 rings (SSSR count). The lowest BCUT2D eigenvalue weighted by Gasteiger charge is -2.12. The van der Waals surface area contributed by atoms with E-state index < -0.39 is 0 Å². The summed E-state index contributed by atoms with van der Waals surface area (Å²) in [5.74, 6) is 1.72. The number of rotatable bonds is 5. The zero-order valence-corrected chi connectivity index (χ0v) is 12.0. The second-order valence-electron chi connectivity index (χ2n) is 4.84. The van der Waals surface area contributed by atoms with Gasteiger partial charge < -0.3 is 10.1 Å². The van der Waals surface area contributed by atoms with Crippen LogP contribution in [0.4, 0.5) is 0 Å². The molecule has 0 aliphatic rings. The Balaban J connectivity index is 1.95. The van der Waals surface area contributed by atoms with Crippen LogP contribution in [-0.2, 0) is 6.54 Å². The zero-order valence-electron chi connectivity index (χ0n) is 12.0. The van der Waals surface area contributed by atoms with Gasteiger partial charge in [-0.1, -0.05) is 43.3 Å². The summed E-state index contributed by atoms with van der Waals surface area (Å²) in [6.07, 6.45) is 3.61. The molecule has 1 N–H and O–H groups in total. The molecule has 0 saturated carbocycles. The standard InChI is InChI=1S/C18H18N2O/c1-2-19-12-15-13-20-11-10-17(15)21-18-9-5-7-14-6-3-4-8-16(14)18/h3-11,13,19H,2,12H2,1H3. The molecule has 0 saturated heterocycles. The summed E-state index contributed by atoms with van der Waals surface area (Å²) in [5.41, 5.74) is 1.06. The Morgan fingerprint density at radius 2 is 1.86 bits per heavy atom. The van der Waals surface area contributed by atoms with Crippen LogP contribution < -0.4 is 10.1 Å². The number of ether oxygens (including phenoxy) is 1. The van der Waals surface area contributed by atoms with Crippen LogP contribution in [0, 0.1) is 0 Å². The topological polar surface area (TPSA) is 34.2 Å². The molecule has 3 heteroatoms. The minimum Gasteiger partial charge on any atom is -0.456 e. The highest BCUT2D eigenvalue weighted by Crippen LogP contribution is 2.31. The number of benzene rings is 2. The fraction of sp³-hybridized carbons (Fsp3) is 0.167. The first-order valence-electron chi connectivity index (χ1n) is 7.17.